The molecule has 27 heavy (non-hydrogen) atoms. The number of nitrogens with one attached hydrogen (secondary N) is 1. The third-order valence-electron chi connectivity index (χ3n) is 4.42. The average molecular weight is 394 g/mol. The Hall–Kier alpha value is -2.22. The van der Waals surface area contributed by atoms with Crippen molar-refractivity contribution in [2.24, 2.45) is 11.8 Å². The Morgan fingerprint density at radius 2 is 2.11 bits per heavy atom. The Kier molecular flexibility index (Phi) is 7.97. The van der Waals surface area contributed by atoms with E-state index in [1.165, 1.54) is 7.11 Å². The van der Waals surface area contributed by atoms with E-state index in [9.17, 15) is 19.5 Å². The van der Waals surface area contributed by atoms with E-state index in [-0.39, 0.29) is 24.5 Å². The maximum absolute atomic E-state index is 12.5. The van der Waals surface area contributed by atoms with E-state index in [4.69, 9.17) is 0 Å². The molecule has 2 atom stereocenters. The Morgan fingerprint density at radius 1 is 1.33 bits per heavy atom. The van der Waals surface area contributed by atoms with Gasteiger partial charge in [-0.15, -0.1) is 0 Å². The first-order valence-corrected chi connectivity index (χ1v) is 10.1. The standard InChI is InChI=1S/C19H26N2O5S/c1-13-8-15(18(23)24)11-21(10-13)19(25)20-16-5-3-4-14(9-16)12-27-7-6-17(22)26-2/h3-5,9,13,15H,6-8,10-12H2,1-2H3,(H,20,25)(H,23,24). The number of carboxylic acids is 1. The van der Waals surface area contributed by atoms with Crippen molar-refractivity contribution in [3.63, 3.8) is 0 Å². The van der Waals surface area contributed by atoms with Crippen LogP contribution < -0.4 is 5.32 Å². The zero-order chi connectivity index (χ0) is 19.8. The topological polar surface area (TPSA) is 95.9 Å². The number of methoxy groups -OCH3 is 1. The van der Waals surface area contributed by atoms with E-state index >= 15 is 0 Å². The molecule has 1 heterocycles. The van der Waals surface area contributed by atoms with Gasteiger partial charge in [0.1, 0.15) is 0 Å². The summed E-state index contributed by atoms with van der Waals surface area (Å²) in [4.78, 5) is 36.5. The van der Waals surface area contributed by atoms with Gasteiger partial charge in [0.15, 0.2) is 0 Å². The molecule has 7 nitrogen and oxygen atoms in total. The largest absolute Gasteiger partial charge is 0.481 e. The summed E-state index contributed by atoms with van der Waals surface area (Å²) in [5, 5.41) is 12.1. The molecule has 0 aliphatic carbocycles. The van der Waals surface area contributed by atoms with Gasteiger partial charge >= 0.3 is 18.0 Å². The zero-order valence-corrected chi connectivity index (χ0v) is 16.5. The van der Waals surface area contributed by atoms with Crippen LogP contribution in [0.2, 0.25) is 0 Å². The van der Waals surface area contributed by atoms with Gasteiger partial charge in [-0.05, 0) is 30.0 Å². The van der Waals surface area contributed by atoms with Crippen LogP contribution in [-0.2, 0) is 20.1 Å². The lowest BCUT2D eigenvalue weighted by atomic mass is 9.91. The average Bonchev–Trinajstić information content (AvgIpc) is 2.64. The summed E-state index contributed by atoms with van der Waals surface area (Å²) < 4.78 is 4.61. The fraction of sp³-hybridized carbons (Fsp3) is 0.526. The number of rotatable bonds is 7. The first kappa shape index (κ1) is 21.1. The summed E-state index contributed by atoms with van der Waals surface area (Å²) in [6.45, 7) is 2.74. The third kappa shape index (κ3) is 6.78. The number of piperidine rings is 1. The molecular formula is C19H26N2O5S. The Labute approximate surface area is 163 Å². The van der Waals surface area contributed by atoms with Gasteiger partial charge in [0, 0.05) is 30.3 Å². The minimum atomic E-state index is -0.856. The monoisotopic (exact) mass is 394 g/mol. The molecule has 8 heteroatoms. The molecular weight excluding hydrogens is 368 g/mol. The number of anilines is 1. The van der Waals surface area contributed by atoms with Crippen molar-refractivity contribution < 1.29 is 24.2 Å². The minimum Gasteiger partial charge on any atom is -0.481 e. The predicted molar refractivity (Wildman–Crippen MR) is 105 cm³/mol. The van der Waals surface area contributed by atoms with Crippen LogP contribution in [0.3, 0.4) is 0 Å². The maximum atomic E-state index is 12.5. The number of thioether (sulfide) groups is 1. The highest BCUT2D eigenvalue weighted by Crippen LogP contribution is 2.23. The molecule has 2 unspecified atom stereocenters. The molecule has 2 amide bonds. The van der Waals surface area contributed by atoms with Crippen LogP contribution in [0.5, 0.6) is 0 Å². The van der Waals surface area contributed by atoms with Crippen molar-refractivity contribution in [3.05, 3.63) is 29.8 Å². The number of aliphatic carboxylic acids is 1. The Balaban J connectivity index is 1.88. The van der Waals surface area contributed by atoms with Gasteiger partial charge in [0.05, 0.1) is 19.4 Å². The second kappa shape index (κ2) is 10.2. The van der Waals surface area contributed by atoms with Crippen LogP contribution in [-0.4, -0.2) is 53.9 Å². The molecule has 0 radical (unpaired) electrons. The smallest absolute Gasteiger partial charge is 0.321 e. The Bertz CT molecular complexity index is 682. The number of hydrogen-bond acceptors (Lipinski definition) is 5. The molecule has 1 saturated heterocycles. The fourth-order valence-electron chi connectivity index (χ4n) is 3.09. The quantitative estimate of drug-likeness (QED) is 0.545. The van der Waals surface area contributed by atoms with E-state index in [0.29, 0.717) is 30.8 Å². The van der Waals surface area contributed by atoms with Gasteiger partial charge in [-0.1, -0.05) is 19.1 Å². The van der Waals surface area contributed by atoms with Gasteiger partial charge < -0.3 is 20.1 Å². The molecule has 148 valence electrons. The van der Waals surface area contributed by atoms with Crippen molar-refractivity contribution in [1.82, 2.24) is 4.90 Å². The lowest BCUT2D eigenvalue weighted by Gasteiger charge is -2.34. The van der Waals surface area contributed by atoms with Crippen LogP contribution in [0.1, 0.15) is 25.3 Å². The van der Waals surface area contributed by atoms with Gasteiger partial charge in [0.25, 0.3) is 0 Å². The van der Waals surface area contributed by atoms with Gasteiger partial charge in [-0.2, -0.15) is 11.8 Å². The number of nitrogens with zero attached hydrogens (tertiary/aromatic N) is 1. The first-order valence-electron chi connectivity index (χ1n) is 8.91. The van der Waals surface area contributed by atoms with E-state index in [2.05, 4.69) is 10.1 Å². The predicted octanol–water partition coefficient (Wildman–Crippen LogP) is 3.06. The summed E-state index contributed by atoms with van der Waals surface area (Å²) in [7, 11) is 1.38. The summed E-state index contributed by atoms with van der Waals surface area (Å²) in [5.41, 5.74) is 1.72. The molecule has 1 aliphatic heterocycles. The lowest BCUT2D eigenvalue weighted by molar-refractivity contribution is -0.144. The summed E-state index contributed by atoms with van der Waals surface area (Å²) in [6, 6.07) is 7.26. The summed E-state index contributed by atoms with van der Waals surface area (Å²) in [6.07, 6.45) is 0.965. The zero-order valence-electron chi connectivity index (χ0n) is 15.6. The van der Waals surface area contributed by atoms with Gasteiger partial charge in [0.2, 0.25) is 0 Å². The number of carbonyl (C=O) groups excluding carboxylic acids is 2. The number of esters is 1. The molecule has 1 aromatic carbocycles. The molecule has 0 spiro atoms. The molecule has 0 bridgehead atoms. The molecule has 1 aliphatic rings. The lowest BCUT2D eigenvalue weighted by Crippen LogP contribution is -2.47. The molecule has 2 rings (SSSR count). The summed E-state index contributed by atoms with van der Waals surface area (Å²) >= 11 is 1.62. The van der Waals surface area contributed by atoms with Gasteiger partial charge in [-0.25, -0.2) is 4.79 Å². The normalized spacial score (nSPS) is 19.4. The van der Waals surface area contributed by atoms with Crippen LogP contribution in [0.25, 0.3) is 0 Å². The van der Waals surface area contributed by atoms with Crippen molar-refractivity contribution in [3.8, 4) is 0 Å². The van der Waals surface area contributed by atoms with E-state index < -0.39 is 11.9 Å². The van der Waals surface area contributed by atoms with E-state index in [1.807, 2.05) is 31.2 Å². The highest BCUT2D eigenvalue weighted by Gasteiger charge is 2.31. The number of urea groups is 1. The number of carboxylic acid groups (broad SMARTS) is 1. The number of likely N-dealkylation sites (tertiary alicyclic amines) is 1. The second-order valence-electron chi connectivity index (χ2n) is 6.79. The highest BCUT2D eigenvalue weighted by molar-refractivity contribution is 7.98. The Morgan fingerprint density at radius 3 is 2.81 bits per heavy atom. The SMILES string of the molecule is COC(=O)CCSCc1cccc(NC(=O)N2CC(C)CC(C(=O)O)C2)c1. The fourth-order valence-corrected chi connectivity index (χ4v) is 3.96. The van der Waals surface area contributed by atoms with Crippen molar-refractivity contribution >= 4 is 35.4 Å². The minimum absolute atomic E-state index is 0.156. The maximum Gasteiger partial charge on any atom is 0.321 e. The van der Waals surface area contributed by atoms with Crippen LogP contribution in [0.15, 0.2) is 24.3 Å². The van der Waals surface area contributed by atoms with Crippen molar-refractivity contribution in [1.29, 1.82) is 0 Å². The molecule has 1 aromatic rings. The van der Waals surface area contributed by atoms with E-state index in [1.54, 1.807) is 16.7 Å². The summed E-state index contributed by atoms with van der Waals surface area (Å²) in [5.74, 6) is -0.0434. The second-order valence-corrected chi connectivity index (χ2v) is 7.90. The molecule has 2 N–H and O–H groups in total. The molecule has 1 fully saturated rings. The first-order chi connectivity index (χ1) is 12.9. The van der Waals surface area contributed by atoms with Crippen molar-refractivity contribution in [2.75, 3.05) is 31.3 Å². The van der Waals surface area contributed by atoms with Crippen molar-refractivity contribution in [2.45, 2.75) is 25.5 Å². The number of ether oxygens (including phenoxy) is 1. The number of benzene rings is 1. The number of hydrogen-bond donors (Lipinski definition) is 2. The van der Waals surface area contributed by atoms with Gasteiger partial charge in [-0.3, -0.25) is 9.59 Å². The molecule has 0 aromatic heterocycles. The van der Waals surface area contributed by atoms with E-state index in [0.717, 1.165) is 11.3 Å². The molecule has 0 saturated carbocycles. The number of amides is 2. The third-order valence-corrected chi connectivity index (χ3v) is 5.45. The van der Waals surface area contributed by atoms with Crippen LogP contribution in [0.4, 0.5) is 10.5 Å². The highest BCUT2D eigenvalue weighted by atomic mass is 32.2. The number of carbonyl (C=O) groups is 3. The van der Waals surface area contributed by atoms with Crippen LogP contribution in [0, 0.1) is 11.8 Å². The van der Waals surface area contributed by atoms with Crippen LogP contribution >= 0.6 is 11.8 Å².